The Morgan fingerprint density at radius 3 is 3.06 bits per heavy atom. The number of fused-ring (bicyclic) bond motifs is 1. The first-order chi connectivity index (χ1) is 8.74. The highest BCUT2D eigenvalue weighted by Gasteiger charge is 2.24. The second-order valence-corrected chi connectivity index (χ2v) is 4.72. The Morgan fingerprint density at radius 2 is 2.33 bits per heavy atom. The van der Waals surface area contributed by atoms with Crippen LogP contribution in [0.5, 0.6) is 0 Å². The molecule has 4 nitrogen and oxygen atoms in total. The van der Waals surface area contributed by atoms with Crippen molar-refractivity contribution in [2.45, 2.75) is 31.7 Å². The number of aliphatic hydroxyl groups is 1. The molecule has 2 atom stereocenters. The quantitative estimate of drug-likeness (QED) is 0.739. The number of nitrogens with one attached hydrogen (secondary N) is 2. The van der Waals surface area contributed by atoms with E-state index in [0.29, 0.717) is 6.42 Å². The molecule has 2 unspecified atom stereocenters. The molecule has 18 heavy (non-hydrogen) atoms. The fraction of sp³-hybridized carbons (Fsp3) is 0.500. The first kappa shape index (κ1) is 12.9. The second kappa shape index (κ2) is 5.87. The van der Waals surface area contributed by atoms with E-state index in [4.69, 9.17) is 5.11 Å². The molecule has 98 valence electrons. The van der Waals surface area contributed by atoms with Gasteiger partial charge in [-0.1, -0.05) is 25.1 Å². The summed E-state index contributed by atoms with van der Waals surface area (Å²) < 4.78 is 0. The van der Waals surface area contributed by atoms with Gasteiger partial charge in [-0.05, 0) is 18.1 Å². The molecule has 0 aliphatic carbocycles. The van der Waals surface area contributed by atoms with Crippen LogP contribution in [0.2, 0.25) is 0 Å². The molecule has 0 spiro atoms. The summed E-state index contributed by atoms with van der Waals surface area (Å²) in [6.07, 6.45) is 1.22. The maximum absolute atomic E-state index is 11.9. The third-order valence-corrected chi connectivity index (χ3v) is 3.45. The zero-order chi connectivity index (χ0) is 13.0. The molecule has 0 bridgehead atoms. The van der Waals surface area contributed by atoms with Gasteiger partial charge in [-0.2, -0.15) is 0 Å². The number of carbonyl (C=O) groups is 1. The maximum Gasteiger partial charge on any atom is 0.220 e. The average Bonchev–Trinajstić information content (AvgIpc) is 2.79. The third-order valence-electron chi connectivity index (χ3n) is 3.45. The van der Waals surface area contributed by atoms with Crippen molar-refractivity contribution in [1.29, 1.82) is 0 Å². The summed E-state index contributed by atoms with van der Waals surface area (Å²) >= 11 is 0. The molecule has 1 amide bonds. The van der Waals surface area contributed by atoms with Gasteiger partial charge in [0.15, 0.2) is 0 Å². The summed E-state index contributed by atoms with van der Waals surface area (Å²) in [6.45, 7) is 2.76. The number of carbonyl (C=O) groups excluding carboxylic acids is 1. The Hall–Kier alpha value is -1.55. The van der Waals surface area contributed by atoms with Gasteiger partial charge < -0.3 is 15.7 Å². The molecule has 4 heteroatoms. The number of rotatable bonds is 5. The van der Waals surface area contributed by atoms with E-state index in [2.05, 4.69) is 16.7 Å². The fourth-order valence-corrected chi connectivity index (χ4v) is 2.33. The number of benzene rings is 1. The molecule has 0 saturated heterocycles. The molecule has 3 N–H and O–H groups in total. The van der Waals surface area contributed by atoms with E-state index in [1.54, 1.807) is 0 Å². The SMILES string of the molecule is CCC(CO)NC(=O)CC1CNc2ccccc21. The number of hydrogen-bond acceptors (Lipinski definition) is 3. The van der Waals surface area contributed by atoms with Gasteiger partial charge in [-0.3, -0.25) is 4.79 Å². The first-order valence-electron chi connectivity index (χ1n) is 6.47. The lowest BCUT2D eigenvalue weighted by Crippen LogP contribution is -2.37. The van der Waals surface area contributed by atoms with Crippen LogP contribution in [0.3, 0.4) is 0 Å². The Bertz CT molecular complexity index is 416. The molecule has 0 fully saturated rings. The monoisotopic (exact) mass is 248 g/mol. The molecule has 1 heterocycles. The molecule has 1 aromatic carbocycles. The summed E-state index contributed by atoms with van der Waals surface area (Å²) in [5.41, 5.74) is 2.34. The van der Waals surface area contributed by atoms with Gasteiger partial charge in [0, 0.05) is 24.6 Å². The highest BCUT2D eigenvalue weighted by Crippen LogP contribution is 2.32. The minimum absolute atomic E-state index is 0.00173. The van der Waals surface area contributed by atoms with E-state index in [-0.39, 0.29) is 24.5 Å². The van der Waals surface area contributed by atoms with Gasteiger partial charge in [-0.15, -0.1) is 0 Å². The second-order valence-electron chi connectivity index (χ2n) is 4.72. The van der Waals surface area contributed by atoms with Crippen LogP contribution < -0.4 is 10.6 Å². The zero-order valence-corrected chi connectivity index (χ0v) is 10.6. The Morgan fingerprint density at radius 1 is 1.56 bits per heavy atom. The molecular formula is C14H20N2O2. The Kier molecular flexibility index (Phi) is 4.20. The lowest BCUT2D eigenvalue weighted by atomic mass is 9.97. The normalized spacial score (nSPS) is 18.9. The summed E-state index contributed by atoms with van der Waals surface area (Å²) in [6, 6.07) is 7.97. The van der Waals surface area contributed by atoms with E-state index in [1.807, 2.05) is 25.1 Å². The smallest absolute Gasteiger partial charge is 0.220 e. The zero-order valence-electron chi connectivity index (χ0n) is 10.6. The number of aliphatic hydroxyl groups excluding tert-OH is 1. The first-order valence-corrected chi connectivity index (χ1v) is 6.47. The summed E-state index contributed by atoms with van der Waals surface area (Å²) in [4.78, 5) is 11.9. The number of amides is 1. The van der Waals surface area contributed by atoms with Crippen LogP contribution in [0.15, 0.2) is 24.3 Å². The fourth-order valence-electron chi connectivity index (χ4n) is 2.33. The van der Waals surface area contributed by atoms with E-state index < -0.39 is 0 Å². The largest absolute Gasteiger partial charge is 0.394 e. The van der Waals surface area contributed by atoms with Crippen LogP contribution in [0, 0.1) is 0 Å². The van der Waals surface area contributed by atoms with E-state index >= 15 is 0 Å². The van der Waals surface area contributed by atoms with Crippen molar-refractivity contribution < 1.29 is 9.90 Å². The maximum atomic E-state index is 11.9. The molecule has 1 aromatic rings. The summed E-state index contributed by atoms with van der Waals surface area (Å²) in [7, 11) is 0. The Balaban J connectivity index is 1.93. The van der Waals surface area contributed by atoms with Gasteiger partial charge >= 0.3 is 0 Å². The molecule has 1 aliphatic rings. The van der Waals surface area contributed by atoms with Crippen molar-refractivity contribution in [2.24, 2.45) is 0 Å². The highest BCUT2D eigenvalue weighted by atomic mass is 16.3. The number of hydrogen-bond donors (Lipinski definition) is 3. The van der Waals surface area contributed by atoms with Crippen LogP contribution in [0.1, 0.15) is 31.2 Å². The van der Waals surface area contributed by atoms with Crippen LogP contribution in [-0.4, -0.2) is 30.2 Å². The van der Waals surface area contributed by atoms with E-state index in [9.17, 15) is 4.79 Å². The Labute approximate surface area is 107 Å². The van der Waals surface area contributed by atoms with Crippen molar-refractivity contribution >= 4 is 11.6 Å². The van der Waals surface area contributed by atoms with Crippen molar-refractivity contribution in [3.8, 4) is 0 Å². The van der Waals surface area contributed by atoms with Gasteiger partial charge in [-0.25, -0.2) is 0 Å². The van der Waals surface area contributed by atoms with Crippen LogP contribution in [0.4, 0.5) is 5.69 Å². The molecule has 2 rings (SSSR count). The number of para-hydroxylation sites is 1. The number of anilines is 1. The predicted octanol–water partition coefficient (Wildman–Crippen LogP) is 1.47. The standard InChI is InChI=1S/C14H20N2O2/c1-2-11(9-17)16-14(18)7-10-8-15-13-6-4-3-5-12(10)13/h3-6,10-11,15,17H,2,7-9H2,1H3,(H,16,18). The van der Waals surface area contributed by atoms with Crippen molar-refractivity contribution in [1.82, 2.24) is 5.32 Å². The predicted molar refractivity (Wildman–Crippen MR) is 71.6 cm³/mol. The molecule has 0 aromatic heterocycles. The van der Waals surface area contributed by atoms with Crippen molar-refractivity contribution in [3.63, 3.8) is 0 Å². The molecule has 0 saturated carbocycles. The van der Waals surface area contributed by atoms with Gasteiger partial charge in [0.25, 0.3) is 0 Å². The molecular weight excluding hydrogens is 228 g/mol. The highest BCUT2D eigenvalue weighted by molar-refractivity contribution is 5.78. The summed E-state index contributed by atoms with van der Waals surface area (Å²) in [5, 5.41) is 15.2. The van der Waals surface area contributed by atoms with Crippen molar-refractivity contribution in [2.75, 3.05) is 18.5 Å². The average molecular weight is 248 g/mol. The van der Waals surface area contributed by atoms with Crippen molar-refractivity contribution in [3.05, 3.63) is 29.8 Å². The summed E-state index contributed by atoms with van der Waals surface area (Å²) in [5.74, 6) is 0.247. The molecule has 1 aliphatic heterocycles. The lowest BCUT2D eigenvalue weighted by Gasteiger charge is -2.16. The van der Waals surface area contributed by atoms with Gasteiger partial charge in [0.05, 0.1) is 12.6 Å². The minimum atomic E-state index is -0.123. The minimum Gasteiger partial charge on any atom is -0.394 e. The van der Waals surface area contributed by atoms with E-state index in [1.165, 1.54) is 5.56 Å². The molecule has 0 radical (unpaired) electrons. The lowest BCUT2D eigenvalue weighted by molar-refractivity contribution is -0.122. The topological polar surface area (TPSA) is 61.4 Å². The van der Waals surface area contributed by atoms with Crippen LogP contribution in [0.25, 0.3) is 0 Å². The van der Waals surface area contributed by atoms with Crippen LogP contribution in [-0.2, 0) is 4.79 Å². The van der Waals surface area contributed by atoms with E-state index in [0.717, 1.165) is 18.7 Å². The van der Waals surface area contributed by atoms with Crippen LogP contribution >= 0.6 is 0 Å². The van der Waals surface area contributed by atoms with Gasteiger partial charge in [0.1, 0.15) is 0 Å². The van der Waals surface area contributed by atoms with Gasteiger partial charge in [0.2, 0.25) is 5.91 Å². The third kappa shape index (κ3) is 2.82.